The number of rotatable bonds is 17. The summed E-state index contributed by atoms with van der Waals surface area (Å²) in [4.78, 5) is 11.0. The normalized spacial score (nSPS) is 20.9. The van der Waals surface area contributed by atoms with Gasteiger partial charge in [-0.05, 0) is 12.8 Å². The van der Waals surface area contributed by atoms with Gasteiger partial charge in [0.1, 0.15) is 0 Å². The Balaban J connectivity index is 1.92. The fourth-order valence-electron chi connectivity index (χ4n) is 3.06. The predicted molar refractivity (Wildman–Crippen MR) is 106 cm³/mol. The van der Waals surface area contributed by atoms with Crippen molar-refractivity contribution in [3.8, 4) is 0 Å². The molecule has 1 rings (SSSR count). The van der Waals surface area contributed by atoms with Crippen LogP contribution in [-0.2, 0) is 9.53 Å². The fraction of sp³-hybridized carbons (Fsp3) is 0.857. The van der Waals surface area contributed by atoms with Crippen molar-refractivity contribution in [2.75, 3.05) is 6.61 Å². The van der Waals surface area contributed by atoms with Gasteiger partial charge in [0.15, 0.2) is 6.10 Å². The van der Waals surface area contributed by atoms with Crippen LogP contribution in [0.1, 0.15) is 84.0 Å². The number of aliphatic hydroxyl groups is 3. The summed E-state index contributed by atoms with van der Waals surface area (Å²) in [6.45, 7) is 2.14. The zero-order valence-corrected chi connectivity index (χ0v) is 16.8. The Bertz CT molecular complexity index is 438. The van der Waals surface area contributed by atoms with Gasteiger partial charge in [-0.15, -0.1) is 0 Å². The van der Waals surface area contributed by atoms with Crippen molar-refractivity contribution in [1.29, 1.82) is 0 Å². The first-order chi connectivity index (χ1) is 12.9. The van der Waals surface area contributed by atoms with E-state index in [1.807, 2.05) is 6.08 Å². The number of aliphatic hydroxyl groups excluding tert-OH is 1. The van der Waals surface area contributed by atoms with Crippen LogP contribution < -0.4 is 5.73 Å². The van der Waals surface area contributed by atoms with E-state index in [-0.39, 0.29) is 6.61 Å². The van der Waals surface area contributed by atoms with E-state index < -0.39 is 29.8 Å². The molecule has 1 aliphatic rings. The minimum absolute atomic E-state index is 0.108. The van der Waals surface area contributed by atoms with Crippen LogP contribution in [0.2, 0.25) is 0 Å². The van der Waals surface area contributed by atoms with E-state index in [2.05, 4.69) is 6.92 Å². The molecule has 0 saturated heterocycles. The highest BCUT2D eigenvalue weighted by atomic mass is 16.6. The summed E-state index contributed by atoms with van der Waals surface area (Å²) < 4.78 is 5.01. The molecule has 1 saturated carbocycles. The molecule has 0 aromatic heterocycles. The van der Waals surface area contributed by atoms with Gasteiger partial charge in [0.05, 0.1) is 18.8 Å². The molecular formula is C21H39NO5. The van der Waals surface area contributed by atoms with Crippen molar-refractivity contribution in [2.45, 2.75) is 108 Å². The SMILES string of the molecule is CCCCCCCCCCCCCC=CC(O)C(N)COC1C(=O)C1(O)O. The molecular weight excluding hydrogens is 346 g/mol. The Morgan fingerprint density at radius 2 is 1.52 bits per heavy atom. The van der Waals surface area contributed by atoms with Crippen molar-refractivity contribution in [2.24, 2.45) is 5.73 Å². The highest BCUT2D eigenvalue weighted by Crippen LogP contribution is 2.31. The van der Waals surface area contributed by atoms with Gasteiger partial charge in [-0.3, -0.25) is 4.79 Å². The molecule has 27 heavy (non-hydrogen) atoms. The zero-order valence-electron chi connectivity index (χ0n) is 16.8. The molecule has 5 N–H and O–H groups in total. The summed E-state index contributed by atoms with van der Waals surface area (Å²) in [5.41, 5.74) is 5.77. The molecule has 6 nitrogen and oxygen atoms in total. The molecule has 0 radical (unpaired) electrons. The number of unbranched alkanes of at least 4 members (excludes halogenated alkanes) is 11. The lowest BCUT2D eigenvalue weighted by Crippen LogP contribution is -2.38. The third-order valence-electron chi connectivity index (χ3n) is 5.08. The van der Waals surface area contributed by atoms with Crippen LogP contribution in [0.4, 0.5) is 0 Å². The van der Waals surface area contributed by atoms with Gasteiger partial charge in [-0.2, -0.15) is 0 Å². The standard InChI is InChI=1S/C21H39NO5/c1-2-3-4-5-6-7-8-9-10-11-12-13-14-15-18(23)17(22)16-27-20-19(24)21(20,25)26/h14-15,17-18,20,23,25-26H,2-13,16,22H2,1H3. The number of hydrogen-bond acceptors (Lipinski definition) is 6. The smallest absolute Gasteiger partial charge is 0.261 e. The Morgan fingerprint density at radius 1 is 1.04 bits per heavy atom. The second-order valence-electron chi connectivity index (χ2n) is 7.71. The summed E-state index contributed by atoms with van der Waals surface area (Å²) in [5.74, 6) is -3.15. The largest absolute Gasteiger partial charge is 0.387 e. The third kappa shape index (κ3) is 9.81. The first-order valence-electron chi connectivity index (χ1n) is 10.6. The van der Waals surface area contributed by atoms with E-state index in [9.17, 15) is 9.90 Å². The minimum Gasteiger partial charge on any atom is -0.387 e. The van der Waals surface area contributed by atoms with Crippen LogP contribution in [0.25, 0.3) is 0 Å². The molecule has 0 bridgehead atoms. The van der Waals surface area contributed by atoms with E-state index in [0.29, 0.717) is 0 Å². The Labute approximate surface area is 163 Å². The molecule has 0 aromatic rings. The zero-order chi connectivity index (χ0) is 20.1. The van der Waals surface area contributed by atoms with Crippen molar-refractivity contribution >= 4 is 5.78 Å². The maximum absolute atomic E-state index is 11.0. The van der Waals surface area contributed by atoms with E-state index in [4.69, 9.17) is 20.7 Å². The molecule has 3 atom stereocenters. The van der Waals surface area contributed by atoms with Gasteiger partial charge in [0.2, 0.25) is 5.78 Å². The van der Waals surface area contributed by atoms with Gasteiger partial charge >= 0.3 is 0 Å². The number of ether oxygens (including phenoxy) is 1. The molecule has 0 aliphatic heterocycles. The van der Waals surface area contributed by atoms with Gasteiger partial charge < -0.3 is 25.8 Å². The average Bonchev–Trinajstić information content (AvgIpc) is 3.12. The van der Waals surface area contributed by atoms with E-state index in [0.717, 1.165) is 12.8 Å². The third-order valence-corrected chi connectivity index (χ3v) is 5.08. The molecule has 1 fully saturated rings. The monoisotopic (exact) mass is 385 g/mol. The van der Waals surface area contributed by atoms with Crippen LogP contribution in [0.15, 0.2) is 12.2 Å². The van der Waals surface area contributed by atoms with Crippen LogP contribution in [0, 0.1) is 0 Å². The average molecular weight is 386 g/mol. The summed E-state index contributed by atoms with van der Waals surface area (Å²) >= 11 is 0. The van der Waals surface area contributed by atoms with Gasteiger partial charge in [0.25, 0.3) is 5.79 Å². The Hall–Kier alpha value is -0.790. The lowest BCUT2D eigenvalue weighted by Gasteiger charge is -2.15. The van der Waals surface area contributed by atoms with Gasteiger partial charge in [-0.1, -0.05) is 83.3 Å². The highest BCUT2D eigenvalue weighted by molar-refractivity contribution is 6.07. The molecule has 3 unspecified atom stereocenters. The summed E-state index contributed by atoms with van der Waals surface area (Å²) in [5, 5.41) is 28.1. The minimum atomic E-state index is -2.38. The topological polar surface area (TPSA) is 113 Å². The van der Waals surface area contributed by atoms with Crippen molar-refractivity contribution in [3.63, 3.8) is 0 Å². The summed E-state index contributed by atoms with van der Waals surface area (Å²) in [6.07, 6.45) is 16.7. The highest BCUT2D eigenvalue weighted by Gasteiger charge is 2.65. The number of hydrogen-bond donors (Lipinski definition) is 4. The molecule has 6 heteroatoms. The number of carbonyl (C=O) groups is 1. The summed E-state index contributed by atoms with van der Waals surface area (Å²) in [6, 6.07) is -0.706. The second-order valence-corrected chi connectivity index (χ2v) is 7.71. The molecule has 0 heterocycles. The van der Waals surface area contributed by atoms with Crippen molar-refractivity contribution < 1.29 is 24.9 Å². The lowest BCUT2D eigenvalue weighted by atomic mass is 10.0. The Kier molecular flexibility index (Phi) is 12.0. The summed E-state index contributed by atoms with van der Waals surface area (Å²) in [7, 11) is 0. The number of nitrogens with two attached hydrogens (primary N) is 1. The number of carbonyl (C=O) groups excluding carboxylic acids is 1. The Morgan fingerprint density at radius 3 is 2.00 bits per heavy atom. The quantitative estimate of drug-likeness (QED) is 0.174. The lowest BCUT2D eigenvalue weighted by molar-refractivity contribution is -0.137. The molecule has 0 amide bonds. The fourth-order valence-corrected chi connectivity index (χ4v) is 3.06. The van der Waals surface area contributed by atoms with Gasteiger partial charge in [0, 0.05) is 0 Å². The van der Waals surface area contributed by atoms with E-state index in [1.54, 1.807) is 6.08 Å². The second kappa shape index (κ2) is 13.4. The van der Waals surface area contributed by atoms with Crippen molar-refractivity contribution in [3.05, 3.63) is 12.2 Å². The molecule has 0 aromatic carbocycles. The number of ketones is 1. The molecule has 158 valence electrons. The van der Waals surface area contributed by atoms with Crippen LogP contribution in [0.5, 0.6) is 0 Å². The van der Waals surface area contributed by atoms with E-state index in [1.165, 1.54) is 64.2 Å². The maximum Gasteiger partial charge on any atom is 0.261 e. The first kappa shape index (κ1) is 24.2. The van der Waals surface area contributed by atoms with Crippen LogP contribution >= 0.6 is 0 Å². The molecule has 1 aliphatic carbocycles. The molecule has 0 spiro atoms. The van der Waals surface area contributed by atoms with E-state index >= 15 is 0 Å². The predicted octanol–water partition coefficient (Wildman–Crippen LogP) is 2.58. The van der Waals surface area contributed by atoms with Gasteiger partial charge in [-0.25, -0.2) is 0 Å². The van der Waals surface area contributed by atoms with Crippen LogP contribution in [0.3, 0.4) is 0 Å². The maximum atomic E-state index is 11.0. The number of Topliss-reactive ketones (excluding diaryl/α,β-unsaturated/α-hetero) is 1. The van der Waals surface area contributed by atoms with Crippen molar-refractivity contribution in [1.82, 2.24) is 0 Å². The first-order valence-corrected chi connectivity index (χ1v) is 10.6. The van der Waals surface area contributed by atoms with Crippen LogP contribution in [-0.4, -0.2) is 51.7 Å². The number of allylic oxidation sites excluding steroid dienone is 1.